The molecule has 0 aromatic carbocycles. The molecule has 0 spiro atoms. The molecular formula is C14H26N4S. The van der Waals surface area contributed by atoms with Gasteiger partial charge in [0.1, 0.15) is 0 Å². The summed E-state index contributed by atoms with van der Waals surface area (Å²) in [6, 6.07) is 1.13. The molecule has 0 bridgehead atoms. The van der Waals surface area contributed by atoms with E-state index in [2.05, 4.69) is 49.9 Å². The Morgan fingerprint density at radius 3 is 2.79 bits per heavy atom. The summed E-state index contributed by atoms with van der Waals surface area (Å²) in [6.07, 6.45) is 0. The number of rotatable bonds is 4. The number of hydrogen-bond acceptors (Lipinski definition) is 5. The molecule has 1 N–H and O–H groups in total. The van der Waals surface area contributed by atoms with Gasteiger partial charge in [-0.2, -0.15) is 0 Å². The van der Waals surface area contributed by atoms with Crippen LogP contribution in [0.4, 0.5) is 5.13 Å². The molecule has 2 heterocycles. The number of nitrogens with zero attached hydrogens (tertiary/aromatic N) is 3. The van der Waals surface area contributed by atoms with E-state index in [4.69, 9.17) is 4.98 Å². The Bertz CT molecular complexity index is 416. The lowest BCUT2D eigenvalue weighted by atomic mass is 10.2. The second-order valence-corrected chi connectivity index (χ2v) is 6.88. The SMILES string of the molecule is Cc1nc(N2CCN(C)C(C)C2)sc1CNC(C)C. The highest BCUT2D eigenvalue weighted by Crippen LogP contribution is 2.27. The minimum atomic E-state index is 0.522. The fourth-order valence-electron chi connectivity index (χ4n) is 2.23. The standard InChI is InChI=1S/C14H26N4S/c1-10(2)15-8-13-12(4)16-14(19-13)18-7-6-17(5)11(3)9-18/h10-11,15H,6-9H2,1-5H3. The van der Waals surface area contributed by atoms with Crippen molar-refractivity contribution < 1.29 is 0 Å². The molecule has 1 aliphatic heterocycles. The van der Waals surface area contributed by atoms with Gasteiger partial charge in [-0.3, -0.25) is 0 Å². The highest BCUT2D eigenvalue weighted by atomic mass is 32.1. The van der Waals surface area contributed by atoms with Crippen LogP contribution in [0.5, 0.6) is 0 Å². The molecule has 1 unspecified atom stereocenters. The van der Waals surface area contributed by atoms with Gasteiger partial charge in [-0.25, -0.2) is 4.98 Å². The van der Waals surface area contributed by atoms with Gasteiger partial charge in [-0.05, 0) is 20.9 Å². The molecule has 0 radical (unpaired) electrons. The average molecular weight is 282 g/mol. The zero-order chi connectivity index (χ0) is 14.0. The summed E-state index contributed by atoms with van der Waals surface area (Å²) in [5.74, 6) is 0. The highest BCUT2D eigenvalue weighted by Gasteiger charge is 2.23. The van der Waals surface area contributed by atoms with Gasteiger partial charge in [0.25, 0.3) is 0 Å². The van der Waals surface area contributed by atoms with Crippen molar-refractivity contribution in [2.24, 2.45) is 0 Å². The molecule has 2 rings (SSSR count). The quantitative estimate of drug-likeness (QED) is 0.916. The molecule has 0 amide bonds. The van der Waals surface area contributed by atoms with Gasteiger partial charge < -0.3 is 15.1 Å². The van der Waals surface area contributed by atoms with E-state index >= 15 is 0 Å². The highest BCUT2D eigenvalue weighted by molar-refractivity contribution is 7.15. The first-order valence-electron chi connectivity index (χ1n) is 7.12. The fraction of sp³-hybridized carbons (Fsp3) is 0.786. The molecule has 1 saturated heterocycles. The van der Waals surface area contributed by atoms with Crippen LogP contribution >= 0.6 is 11.3 Å². The first kappa shape index (κ1) is 14.8. The van der Waals surface area contributed by atoms with Gasteiger partial charge in [0, 0.05) is 43.1 Å². The second-order valence-electron chi connectivity index (χ2n) is 5.82. The van der Waals surface area contributed by atoms with Crippen molar-refractivity contribution in [1.82, 2.24) is 15.2 Å². The molecule has 1 aliphatic rings. The third-order valence-electron chi connectivity index (χ3n) is 3.78. The molecule has 1 fully saturated rings. The maximum absolute atomic E-state index is 4.76. The summed E-state index contributed by atoms with van der Waals surface area (Å²) < 4.78 is 0. The zero-order valence-corrected chi connectivity index (χ0v) is 13.5. The van der Waals surface area contributed by atoms with E-state index in [0.29, 0.717) is 12.1 Å². The van der Waals surface area contributed by atoms with Crippen LogP contribution in [0, 0.1) is 6.92 Å². The van der Waals surface area contributed by atoms with Gasteiger partial charge in [0.2, 0.25) is 0 Å². The van der Waals surface area contributed by atoms with Crippen LogP contribution in [0.1, 0.15) is 31.3 Å². The van der Waals surface area contributed by atoms with Crippen LogP contribution in [0.3, 0.4) is 0 Å². The number of anilines is 1. The number of aryl methyl sites for hydroxylation is 1. The predicted octanol–water partition coefficient (Wildman–Crippen LogP) is 2.09. The van der Waals surface area contributed by atoms with Crippen LogP contribution in [-0.4, -0.2) is 48.6 Å². The normalized spacial score (nSPS) is 21.4. The predicted molar refractivity (Wildman–Crippen MR) is 83.1 cm³/mol. The lowest BCUT2D eigenvalue weighted by Crippen LogP contribution is -2.50. The summed E-state index contributed by atoms with van der Waals surface area (Å²) in [6.45, 7) is 13.0. The Morgan fingerprint density at radius 2 is 2.16 bits per heavy atom. The smallest absolute Gasteiger partial charge is 0.185 e. The van der Waals surface area contributed by atoms with Crippen molar-refractivity contribution in [1.29, 1.82) is 0 Å². The van der Waals surface area contributed by atoms with Gasteiger partial charge in [-0.15, -0.1) is 11.3 Å². The maximum atomic E-state index is 4.76. The third-order valence-corrected chi connectivity index (χ3v) is 5.00. The topological polar surface area (TPSA) is 31.4 Å². The molecule has 19 heavy (non-hydrogen) atoms. The Labute approximate surface area is 120 Å². The Balaban J connectivity index is 2.03. The zero-order valence-electron chi connectivity index (χ0n) is 12.7. The molecule has 0 aliphatic carbocycles. The summed E-state index contributed by atoms with van der Waals surface area (Å²) in [7, 11) is 2.20. The molecule has 1 aromatic heterocycles. The van der Waals surface area contributed by atoms with Crippen molar-refractivity contribution in [3.63, 3.8) is 0 Å². The Hall–Kier alpha value is -0.650. The van der Waals surface area contributed by atoms with Crippen LogP contribution < -0.4 is 10.2 Å². The number of hydrogen-bond donors (Lipinski definition) is 1. The lowest BCUT2D eigenvalue weighted by molar-refractivity contribution is 0.234. The maximum Gasteiger partial charge on any atom is 0.185 e. The van der Waals surface area contributed by atoms with E-state index < -0.39 is 0 Å². The van der Waals surface area contributed by atoms with E-state index in [-0.39, 0.29) is 0 Å². The van der Waals surface area contributed by atoms with Crippen LogP contribution in [0.2, 0.25) is 0 Å². The molecule has 1 aromatic rings. The van der Waals surface area contributed by atoms with Crippen molar-refractivity contribution in [3.05, 3.63) is 10.6 Å². The summed E-state index contributed by atoms with van der Waals surface area (Å²) in [4.78, 5) is 11.0. The summed E-state index contributed by atoms with van der Waals surface area (Å²) in [5.41, 5.74) is 1.18. The second kappa shape index (κ2) is 6.20. The molecule has 4 nitrogen and oxygen atoms in total. The Morgan fingerprint density at radius 1 is 1.42 bits per heavy atom. The van der Waals surface area contributed by atoms with Crippen molar-refractivity contribution in [2.75, 3.05) is 31.6 Å². The monoisotopic (exact) mass is 282 g/mol. The number of thiazole rings is 1. The van der Waals surface area contributed by atoms with Crippen LogP contribution in [-0.2, 0) is 6.54 Å². The largest absolute Gasteiger partial charge is 0.345 e. The summed E-state index contributed by atoms with van der Waals surface area (Å²) in [5, 5.41) is 4.67. The van der Waals surface area contributed by atoms with Crippen LogP contribution in [0.15, 0.2) is 0 Å². The van der Waals surface area contributed by atoms with E-state index in [1.165, 1.54) is 15.7 Å². The molecule has 0 saturated carbocycles. The van der Waals surface area contributed by atoms with Gasteiger partial charge >= 0.3 is 0 Å². The van der Waals surface area contributed by atoms with Gasteiger partial charge in [-0.1, -0.05) is 13.8 Å². The van der Waals surface area contributed by atoms with Crippen LogP contribution in [0.25, 0.3) is 0 Å². The summed E-state index contributed by atoms with van der Waals surface area (Å²) >= 11 is 1.85. The average Bonchev–Trinajstić information content (AvgIpc) is 2.71. The lowest BCUT2D eigenvalue weighted by Gasteiger charge is -2.37. The van der Waals surface area contributed by atoms with E-state index in [9.17, 15) is 0 Å². The molecule has 108 valence electrons. The first-order chi connectivity index (χ1) is 8.97. The van der Waals surface area contributed by atoms with Crippen molar-refractivity contribution in [3.8, 4) is 0 Å². The van der Waals surface area contributed by atoms with Gasteiger partial charge in [0.15, 0.2) is 5.13 Å². The van der Waals surface area contributed by atoms with E-state index in [0.717, 1.165) is 26.2 Å². The van der Waals surface area contributed by atoms with Crippen molar-refractivity contribution >= 4 is 16.5 Å². The van der Waals surface area contributed by atoms with E-state index in [1.807, 2.05) is 11.3 Å². The first-order valence-corrected chi connectivity index (χ1v) is 7.94. The number of likely N-dealkylation sites (N-methyl/N-ethyl adjacent to an activating group) is 1. The minimum Gasteiger partial charge on any atom is -0.345 e. The molecular weight excluding hydrogens is 256 g/mol. The fourth-order valence-corrected chi connectivity index (χ4v) is 3.28. The number of nitrogens with one attached hydrogen (secondary N) is 1. The van der Waals surface area contributed by atoms with E-state index in [1.54, 1.807) is 0 Å². The Kier molecular flexibility index (Phi) is 4.81. The molecule has 1 atom stereocenters. The molecule has 5 heteroatoms. The third kappa shape index (κ3) is 3.68. The van der Waals surface area contributed by atoms with Crippen molar-refractivity contribution in [2.45, 2.75) is 46.3 Å². The number of aromatic nitrogens is 1. The minimum absolute atomic E-state index is 0.522. The van der Waals surface area contributed by atoms with Gasteiger partial charge in [0.05, 0.1) is 5.69 Å². The number of piperazine rings is 1.